The van der Waals surface area contributed by atoms with Crippen LogP contribution in [0.3, 0.4) is 0 Å². The fraction of sp³-hybridized carbons (Fsp3) is 0.182. The van der Waals surface area contributed by atoms with E-state index >= 15 is 0 Å². The number of nitrogens with one attached hydrogen (secondary N) is 1. The Balaban J connectivity index is 0.000000386. The molecule has 5 heteroatoms. The number of carbonyl (C=O) groups excluding carboxylic acids is 1. The van der Waals surface area contributed by atoms with Crippen LogP contribution in [0.2, 0.25) is 0 Å². The van der Waals surface area contributed by atoms with Crippen molar-refractivity contribution in [3.05, 3.63) is 46.5 Å². The van der Waals surface area contributed by atoms with Crippen molar-refractivity contribution in [1.82, 2.24) is 5.32 Å². The summed E-state index contributed by atoms with van der Waals surface area (Å²) in [5, 5.41) is 5.39. The van der Waals surface area contributed by atoms with Gasteiger partial charge in [0.2, 0.25) is 5.75 Å². The Morgan fingerprint density at radius 3 is 2.75 bits per heavy atom. The number of thiophene rings is 1. The molecule has 0 saturated heterocycles. The molecule has 0 radical (unpaired) electrons. The van der Waals surface area contributed by atoms with E-state index in [9.17, 15) is 0 Å². The van der Waals surface area contributed by atoms with Gasteiger partial charge in [-0.05, 0) is 35.2 Å². The van der Waals surface area contributed by atoms with Crippen LogP contribution in [0, 0.1) is 0 Å². The molecule has 0 spiro atoms. The minimum atomic E-state index is 0.222. The predicted molar refractivity (Wildman–Crippen MR) is 66.2 cm³/mol. The number of hydrogen-bond donors (Lipinski definition) is 1. The molecule has 0 unspecified atom stereocenters. The van der Waals surface area contributed by atoms with Gasteiger partial charge in [0.25, 0.3) is 0 Å². The second kappa shape index (κ2) is 8.10. The van der Waals surface area contributed by atoms with E-state index in [1.807, 2.05) is 12.1 Å². The van der Waals surface area contributed by atoms with Crippen LogP contribution in [0.1, 0.15) is 10.6 Å². The fourth-order valence-corrected chi connectivity index (χ4v) is 1.81. The van der Waals surface area contributed by atoms with Crippen molar-refractivity contribution in [3.63, 3.8) is 0 Å². The lowest BCUT2D eigenvalue weighted by atomic mass is 10.4. The Morgan fingerprint density at radius 2 is 2.19 bits per heavy atom. The van der Waals surface area contributed by atoms with Crippen molar-refractivity contribution in [2.45, 2.75) is 13.1 Å². The summed E-state index contributed by atoms with van der Waals surface area (Å²) in [5.74, 6) is 1.21. The molecule has 0 aliphatic heterocycles. The molecule has 16 heavy (non-hydrogen) atoms. The van der Waals surface area contributed by atoms with E-state index < -0.39 is 0 Å². The van der Waals surface area contributed by atoms with E-state index in [0.717, 1.165) is 18.8 Å². The maximum atomic E-state index is 8.57. The van der Waals surface area contributed by atoms with Gasteiger partial charge in [0.05, 0.1) is 12.8 Å². The molecular formula is C11H12ClNO2S. The van der Waals surface area contributed by atoms with Crippen molar-refractivity contribution < 1.29 is 9.21 Å². The van der Waals surface area contributed by atoms with Gasteiger partial charge in [-0.2, -0.15) is 0 Å². The number of halogens is 1. The van der Waals surface area contributed by atoms with Gasteiger partial charge in [0.15, 0.2) is 0 Å². The fourth-order valence-electron chi connectivity index (χ4n) is 1.14. The predicted octanol–water partition coefficient (Wildman–Crippen LogP) is 3.05. The minimum absolute atomic E-state index is 0.222. The summed E-state index contributed by atoms with van der Waals surface area (Å²) in [6.07, 6.45) is 1.70. The van der Waals surface area contributed by atoms with Crippen molar-refractivity contribution >= 4 is 28.7 Å². The summed E-state index contributed by atoms with van der Waals surface area (Å²) in [6.45, 7) is 1.71. The molecule has 0 atom stereocenters. The molecule has 2 heterocycles. The third kappa shape index (κ3) is 5.11. The van der Waals surface area contributed by atoms with E-state index in [-0.39, 0.29) is 5.75 Å². The Labute approximate surface area is 103 Å². The van der Waals surface area contributed by atoms with Crippen molar-refractivity contribution in [2.75, 3.05) is 0 Å². The number of carbonyl (C=O) groups is 1. The molecule has 0 aromatic carbocycles. The van der Waals surface area contributed by atoms with E-state index in [1.165, 1.54) is 4.88 Å². The maximum absolute atomic E-state index is 8.57. The topological polar surface area (TPSA) is 42.2 Å². The summed E-state index contributed by atoms with van der Waals surface area (Å²) >= 11 is 6.08. The Morgan fingerprint density at radius 1 is 1.38 bits per heavy atom. The van der Waals surface area contributed by atoms with E-state index in [2.05, 4.69) is 34.4 Å². The van der Waals surface area contributed by atoms with Crippen LogP contribution in [0.4, 0.5) is 0 Å². The standard InChI is InChI=1S/C10H11NOS.CHClO/c1-3-9(12-5-1)7-11-8-10-4-2-6-13-10;2-1-3/h1-6,11H,7-8H2;1H. The zero-order valence-electron chi connectivity index (χ0n) is 8.56. The molecule has 0 amide bonds. The van der Waals surface area contributed by atoms with Crippen LogP contribution in [0.15, 0.2) is 40.3 Å². The van der Waals surface area contributed by atoms with Gasteiger partial charge in [-0.1, -0.05) is 6.07 Å². The Bertz CT molecular complexity index is 338. The number of hydrogen-bond acceptors (Lipinski definition) is 4. The first-order chi connectivity index (χ1) is 7.86. The number of rotatable bonds is 4. The lowest BCUT2D eigenvalue weighted by molar-refractivity contribution is 0.483. The van der Waals surface area contributed by atoms with Crippen LogP contribution in [0.25, 0.3) is 0 Å². The molecule has 0 aliphatic rings. The molecule has 0 saturated carbocycles. The van der Waals surface area contributed by atoms with E-state index in [1.54, 1.807) is 17.6 Å². The highest BCUT2D eigenvalue weighted by atomic mass is 35.5. The van der Waals surface area contributed by atoms with Gasteiger partial charge < -0.3 is 9.73 Å². The van der Waals surface area contributed by atoms with E-state index in [0.29, 0.717) is 0 Å². The van der Waals surface area contributed by atoms with Crippen molar-refractivity contribution in [3.8, 4) is 0 Å². The summed E-state index contributed by atoms with van der Waals surface area (Å²) in [7, 11) is 0. The third-order valence-electron chi connectivity index (χ3n) is 1.76. The smallest absolute Gasteiger partial charge is 0.208 e. The molecule has 0 aliphatic carbocycles. The molecule has 1 N–H and O–H groups in total. The molecule has 86 valence electrons. The van der Waals surface area contributed by atoms with E-state index in [4.69, 9.17) is 9.21 Å². The molecule has 2 aromatic rings. The summed E-state index contributed by atoms with van der Waals surface area (Å²) in [6, 6.07) is 8.07. The molecule has 0 bridgehead atoms. The molecule has 2 aromatic heterocycles. The molecule has 2 rings (SSSR count). The van der Waals surface area contributed by atoms with Crippen LogP contribution >= 0.6 is 22.9 Å². The maximum Gasteiger partial charge on any atom is 0.208 e. The molecule has 3 nitrogen and oxygen atoms in total. The van der Waals surface area contributed by atoms with Gasteiger partial charge in [0.1, 0.15) is 5.76 Å². The zero-order valence-corrected chi connectivity index (χ0v) is 10.1. The van der Waals surface area contributed by atoms with Gasteiger partial charge in [0, 0.05) is 11.4 Å². The van der Waals surface area contributed by atoms with Gasteiger partial charge >= 0.3 is 0 Å². The molecule has 0 fully saturated rings. The average molecular weight is 258 g/mol. The molecular weight excluding hydrogens is 246 g/mol. The SMILES string of the molecule is O=CCl.c1coc(CNCc2cccs2)c1. The number of furan rings is 1. The summed E-state index contributed by atoms with van der Waals surface area (Å²) in [4.78, 5) is 9.92. The highest BCUT2D eigenvalue weighted by Crippen LogP contribution is 2.08. The van der Waals surface area contributed by atoms with Crippen LogP contribution in [0.5, 0.6) is 0 Å². The van der Waals surface area contributed by atoms with Crippen LogP contribution in [-0.2, 0) is 17.9 Å². The average Bonchev–Trinajstić information content (AvgIpc) is 2.91. The lowest BCUT2D eigenvalue weighted by Crippen LogP contribution is -2.10. The third-order valence-corrected chi connectivity index (χ3v) is 2.64. The highest BCUT2D eigenvalue weighted by Gasteiger charge is 1.95. The quantitative estimate of drug-likeness (QED) is 0.676. The van der Waals surface area contributed by atoms with Gasteiger partial charge in [-0.15, -0.1) is 11.3 Å². The second-order valence-electron chi connectivity index (χ2n) is 2.85. The van der Waals surface area contributed by atoms with Crippen molar-refractivity contribution in [1.29, 1.82) is 0 Å². The first kappa shape index (κ1) is 13.0. The van der Waals surface area contributed by atoms with Crippen LogP contribution in [-0.4, -0.2) is 5.75 Å². The normalized spacial score (nSPS) is 9.31. The first-order valence-corrected chi connectivity index (χ1v) is 5.97. The zero-order chi connectivity index (χ0) is 11.6. The second-order valence-corrected chi connectivity index (χ2v) is 4.06. The van der Waals surface area contributed by atoms with Gasteiger partial charge in [-0.25, -0.2) is 0 Å². The summed E-state index contributed by atoms with van der Waals surface area (Å²) in [5.41, 5.74) is 0. The Hall–Kier alpha value is -1.10. The monoisotopic (exact) mass is 257 g/mol. The first-order valence-electron chi connectivity index (χ1n) is 4.66. The Kier molecular flexibility index (Phi) is 6.56. The minimum Gasteiger partial charge on any atom is -0.468 e. The van der Waals surface area contributed by atoms with Crippen molar-refractivity contribution in [2.24, 2.45) is 0 Å². The highest BCUT2D eigenvalue weighted by molar-refractivity contribution is 7.09. The van der Waals surface area contributed by atoms with Crippen LogP contribution < -0.4 is 5.32 Å². The van der Waals surface area contributed by atoms with Gasteiger partial charge in [-0.3, -0.25) is 4.79 Å². The largest absolute Gasteiger partial charge is 0.468 e. The lowest BCUT2D eigenvalue weighted by Gasteiger charge is -1.98. The summed E-state index contributed by atoms with van der Waals surface area (Å²) < 4.78 is 5.19.